The van der Waals surface area contributed by atoms with Gasteiger partial charge in [-0.3, -0.25) is 9.59 Å². The Morgan fingerprint density at radius 3 is 1.51 bits per heavy atom. The molecule has 0 atom stereocenters. The van der Waals surface area contributed by atoms with E-state index >= 15 is 0 Å². The maximum atomic E-state index is 12.4. The van der Waals surface area contributed by atoms with Crippen molar-refractivity contribution in [3.8, 4) is 17.6 Å². The Morgan fingerprint density at radius 2 is 1.14 bits per heavy atom. The van der Waals surface area contributed by atoms with Crippen molar-refractivity contribution in [2.45, 2.75) is 90.5 Å². The van der Waals surface area contributed by atoms with Crippen LogP contribution >= 0.6 is 15.9 Å². The predicted octanol–water partition coefficient (Wildman–Crippen LogP) is 5.07. The monoisotopic (exact) mass is 773 g/mol. The van der Waals surface area contributed by atoms with Crippen molar-refractivity contribution in [3.05, 3.63) is 46.0 Å². The lowest BCUT2D eigenvalue weighted by Gasteiger charge is -2.33. The van der Waals surface area contributed by atoms with Gasteiger partial charge in [-0.15, -0.1) is 0 Å². The maximum absolute atomic E-state index is 12.4. The number of halogens is 1. The van der Waals surface area contributed by atoms with Crippen LogP contribution in [0.2, 0.25) is 0 Å². The van der Waals surface area contributed by atoms with Crippen LogP contribution in [0.4, 0.5) is 9.59 Å². The number of nitrogens with zero attached hydrogens (tertiary/aromatic N) is 5. The molecule has 0 saturated carbocycles. The first-order valence-electron chi connectivity index (χ1n) is 16.6. The average Bonchev–Trinajstić information content (AvgIpc) is 3.07. The maximum Gasteiger partial charge on any atom is 0.410 e. The molecule has 2 aromatic heterocycles. The molecule has 0 unspecified atom stereocenters. The van der Waals surface area contributed by atoms with Gasteiger partial charge in [-0.1, -0.05) is 0 Å². The number of piperidine rings is 2. The Hall–Kier alpha value is -4.65. The number of pyridine rings is 2. The van der Waals surface area contributed by atoms with Gasteiger partial charge < -0.3 is 39.4 Å². The van der Waals surface area contributed by atoms with Crippen molar-refractivity contribution in [3.63, 3.8) is 0 Å². The van der Waals surface area contributed by atoms with Gasteiger partial charge in [0.15, 0.2) is 0 Å². The Morgan fingerprint density at radius 1 is 0.745 bits per heavy atom. The summed E-state index contributed by atoms with van der Waals surface area (Å²) < 4.78 is 21.7. The first-order chi connectivity index (χ1) is 23.9. The summed E-state index contributed by atoms with van der Waals surface area (Å²) in [5, 5.41) is 14.8. The molecular formula is C35H48BrN7O8. The lowest BCUT2D eigenvalue weighted by atomic mass is 10.1. The average molecular weight is 775 g/mol. The molecule has 51 heavy (non-hydrogen) atoms. The number of nitrogens with one attached hydrogen (secondary N) is 2. The summed E-state index contributed by atoms with van der Waals surface area (Å²) in [5.41, 5.74) is -0.267. The summed E-state index contributed by atoms with van der Waals surface area (Å²) in [6, 6.07) is 4.95. The molecule has 4 amide bonds. The summed E-state index contributed by atoms with van der Waals surface area (Å²) in [6.45, 7) is 13.2. The molecule has 0 aliphatic carbocycles. The third kappa shape index (κ3) is 12.9. The number of carbonyl (C=O) groups excluding carboxylic acids is 4. The van der Waals surface area contributed by atoms with E-state index in [2.05, 4.69) is 36.5 Å². The number of methoxy groups -OCH3 is 2. The molecule has 2 aliphatic rings. The van der Waals surface area contributed by atoms with Crippen LogP contribution in [0.5, 0.6) is 11.5 Å². The van der Waals surface area contributed by atoms with Gasteiger partial charge in [0, 0.05) is 62.8 Å². The highest BCUT2D eigenvalue weighted by molar-refractivity contribution is 9.10. The van der Waals surface area contributed by atoms with Crippen LogP contribution in [0.25, 0.3) is 0 Å². The molecule has 2 fully saturated rings. The van der Waals surface area contributed by atoms with Crippen LogP contribution in [-0.2, 0) is 9.47 Å². The number of hydrogen-bond acceptors (Lipinski definition) is 11. The van der Waals surface area contributed by atoms with E-state index in [0.717, 1.165) is 0 Å². The van der Waals surface area contributed by atoms with E-state index in [9.17, 15) is 19.2 Å². The van der Waals surface area contributed by atoms with Gasteiger partial charge in [0.2, 0.25) is 0 Å². The number of nitriles is 1. The van der Waals surface area contributed by atoms with Gasteiger partial charge in [0.1, 0.15) is 45.7 Å². The van der Waals surface area contributed by atoms with Gasteiger partial charge >= 0.3 is 12.2 Å². The van der Waals surface area contributed by atoms with E-state index in [4.69, 9.17) is 24.2 Å². The van der Waals surface area contributed by atoms with Crippen LogP contribution in [0.3, 0.4) is 0 Å². The molecule has 15 nitrogen and oxygen atoms in total. The summed E-state index contributed by atoms with van der Waals surface area (Å²) in [6.07, 6.45) is 4.85. The van der Waals surface area contributed by atoms with Crippen molar-refractivity contribution < 1.29 is 38.1 Å². The Balaban J connectivity index is 0.000000276. The van der Waals surface area contributed by atoms with Crippen molar-refractivity contribution in [1.82, 2.24) is 30.4 Å². The third-order valence-corrected chi connectivity index (χ3v) is 8.27. The summed E-state index contributed by atoms with van der Waals surface area (Å²) in [4.78, 5) is 60.3. The molecule has 0 spiro atoms. The zero-order chi connectivity index (χ0) is 37.9. The standard InChI is InChI=1S/C18H24N4O4.C17H24BrN3O4/c1-18(2,3)26-17(24)22-7-5-13(6-8-22)21-16(23)14-9-15(25-4)12(10-19)11-20-14;1-17(2,3)25-16(23)21-7-5-11(6-8-21)20-15(22)13-9-14(24-4)12(18)10-19-13/h9,11,13H,5-8H2,1-4H3,(H,21,23);9-11H,5-8H2,1-4H3,(H,20,22). The highest BCUT2D eigenvalue weighted by atomic mass is 79.9. The molecule has 278 valence electrons. The van der Waals surface area contributed by atoms with Crippen molar-refractivity contribution in [1.29, 1.82) is 5.26 Å². The molecule has 0 aromatic carbocycles. The summed E-state index contributed by atoms with van der Waals surface area (Å²) >= 11 is 3.31. The van der Waals surface area contributed by atoms with Crippen LogP contribution < -0.4 is 20.1 Å². The SMILES string of the molecule is COc1cc(C(=O)NC2CCN(C(=O)OC(C)(C)C)CC2)ncc1Br.COc1cc(C(=O)NC2CCN(C(=O)OC(C)(C)C)CC2)ncc1C#N. The van der Waals surface area contributed by atoms with E-state index in [1.165, 1.54) is 26.5 Å². The van der Waals surface area contributed by atoms with Gasteiger partial charge in [-0.2, -0.15) is 5.26 Å². The van der Waals surface area contributed by atoms with Crippen molar-refractivity contribution in [2.24, 2.45) is 0 Å². The zero-order valence-corrected chi connectivity index (χ0v) is 32.1. The van der Waals surface area contributed by atoms with E-state index in [-0.39, 0.29) is 47.3 Å². The lowest BCUT2D eigenvalue weighted by molar-refractivity contribution is 0.0187. The molecule has 16 heteroatoms. The summed E-state index contributed by atoms with van der Waals surface area (Å²) in [7, 11) is 2.97. The predicted molar refractivity (Wildman–Crippen MR) is 191 cm³/mol. The largest absolute Gasteiger partial charge is 0.495 e. The fourth-order valence-electron chi connectivity index (χ4n) is 5.10. The number of aromatic nitrogens is 2. The van der Waals surface area contributed by atoms with Gasteiger partial charge in [0.25, 0.3) is 11.8 Å². The minimum Gasteiger partial charge on any atom is -0.495 e. The first kappa shape index (κ1) is 40.8. The molecular weight excluding hydrogens is 726 g/mol. The molecule has 2 saturated heterocycles. The van der Waals surface area contributed by atoms with Gasteiger partial charge in [-0.25, -0.2) is 19.6 Å². The smallest absolute Gasteiger partial charge is 0.410 e. The fourth-order valence-corrected chi connectivity index (χ4v) is 5.48. The Kier molecular flexibility index (Phi) is 14.4. The molecule has 2 aliphatic heterocycles. The lowest BCUT2D eigenvalue weighted by Crippen LogP contribution is -2.47. The number of amides is 4. The van der Waals surface area contributed by atoms with Gasteiger partial charge in [0.05, 0.1) is 18.7 Å². The molecule has 2 aromatic rings. The van der Waals surface area contributed by atoms with Gasteiger partial charge in [-0.05, 0) is 83.2 Å². The van der Waals surface area contributed by atoms with Crippen molar-refractivity contribution in [2.75, 3.05) is 40.4 Å². The van der Waals surface area contributed by atoms with Crippen molar-refractivity contribution >= 4 is 39.9 Å². The number of carbonyl (C=O) groups is 4. The number of hydrogen-bond donors (Lipinski definition) is 2. The first-order valence-corrected chi connectivity index (χ1v) is 17.4. The molecule has 4 heterocycles. The van der Waals surface area contributed by atoms with Crippen LogP contribution in [-0.4, -0.2) is 107 Å². The molecule has 0 radical (unpaired) electrons. The number of rotatable bonds is 6. The highest BCUT2D eigenvalue weighted by Crippen LogP contribution is 2.24. The minimum absolute atomic E-state index is 0.00243. The van der Waals surface area contributed by atoms with Crippen LogP contribution in [0.15, 0.2) is 29.0 Å². The molecule has 2 N–H and O–H groups in total. The van der Waals surface area contributed by atoms with Crippen LogP contribution in [0.1, 0.15) is 93.8 Å². The second kappa shape index (κ2) is 18.0. The summed E-state index contributed by atoms with van der Waals surface area (Å²) in [5.74, 6) is 0.289. The van der Waals surface area contributed by atoms with E-state index in [1.807, 2.05) is 47.6 Å². The van der Waals surface area contributed by atoms with E-state index in [0.29, 0.717) is 73.5 Å². The second-order valence-corrected chi connectivity index (χ2v) is 14.9. The second-order valence-electron chi connectivity index (χ2n) is 14.0. The van der Waals surface area contributed by atoms with E-state index in [1.54, 1.807) is 22.1 Å². The quantitative estimate of drug-likeness (QED) is 0.399. The third-order valence-electron chi connectivity index (χ3n) is 7.68. The van der Waals surface area contributed by atoms with Crippen LogP contribution in [0, 0.1) is 11.3 Å². The van der Waals surface area contributed by atoms with E-state index < -0.39 is 11.2 Å². The Bertz CT molecular complexity index is 1590. The highest BCUT2D eigenvalue weighted by Gasteiger charge is 2.29. The topological polar surface area (TPSA) is 185 Å². The molecule has 0 bridgehead atoms. The number of ether oxygens (including phenoxy) is 4. The molecule has 4 rings (SSSR count). The zero-order valence-electron chi connectivity index (χ0n) is 30.5. The Labute approximate surface area is 307 Å². The normalized spacial score (nSPS) is 15.4. The fraction of sp³-hybridized carbons (Fsp3) is 0.571. The minimum atomic E-state index is -0.525. The number of likely N-dealkylation sites (tertiary alicyclic amines) is 2.